The number of para-hydroxylation sites is 1. The molecule has 1 atom stereocenters. The minimum absolute atomic E-state index is 0.114. The number of primary amides is 1. The van der Waals surface area contributed by atoms with Crippen LogP contribution in [0, 0.1) is 0 Å². The number of likely N-dealkylation sites (N-methyl/N-ethyl adjacent to an activating group) is 1. The third-order valence-electron chi connectivity index (χ3n) is 3.58. The lowest BCUT2D eigenvalue weighted by atomic mass is 10.3. The molecule has 2 aromatic carbocycles. The van der Waals surface area contributed by atoms with Crippen LogP contribution >= 0.6 is 23.4 Å². The maximum absolute atomic E-state index is 12.3. The predicted molar refractivity (Wildman–Crippen MR) is 112 cm³/mol. The van der Waals surface area contributed by atoms with Gasteiger partial charge in [-0.3, -0.25) is 14.4 Å². The van der Waals surface area contributed by atoms with Crippen LogP contribution in [0.2, 0.25) is 5.02 Å². The van der Waals surface area contributed by atoms with Gasteiger partial charge in [-0.25, -0.2) is 0 Å². The highest BCUT2D eigenvalue weighted by Gasteiger charge is 2.16. The van der Waals surface area contributed by atoms with E-state index in [0.717, 1.165) is 9.80 Å². The van der Waals surface area contributed by atoms with Gasteiger partial charge < -0.3 is 21.3 Å². The Morgan fingerprint density at radius 1 is 1.00 bits per heavy atom. The van der Waals surface area contributed by atoms with Gasteiger partial charge in [0, 0.05) is 15.6 Å². The molecule has 0 saturated heterocycles. The molecule has 0 fully saturated rings. The zero-order chi connectivity index (χ0) is 20.5. The Labute approximate surface area is 172 Å². The zero-order valence-electron chi connectivity index (χ0n) is 15.3. The van der Waals surface area contributed by atoms with E-state index in [4.69, 9.17) is 17.3 Å². The molecule has 5 N–H and O–H groups in total. The van der Waals surface area contributed by atoms with Crippen LogP contribution in [0.3, 0.4) is 0 Å². The van der Waals surface area contributed by atoms with E-state index in [1.54, 1.807) is 49.5 Å². The second-order valence-corrected chi connectivity index (χ2v) is 7.62. The maximum Gasteiger partial charge on any atom is 0.279 e. The lowest BCUT2D eigenvalue weighted by molar-refractivity contribution is -0.862. The van der Waals surface area contributed by atoms with Crippen molar-refractivity contribution in [3.63, 3.8) is 0 Å². The van der Waals surface area contributed by atoms with E-state index in [1.165, 1.54) is 11.8 Å². The average molecular weight is 422 g/mol. The van der Waals surface area contributed by atoms with E-state index < -0.39 is 5.91 Å². The fraction of sp³-hybridized carbons (Fsp3) is 0.211. The molecule has 0 aliphatic carbocycles. The number of benzene rings is 2. The van der Waals surface area contributed by atoms with E-state index in [-0.39, 0.29) is 30.7 Å². The van der Waals surface area contributed by atoms with E-state index in [1.807, 2.05) is 6.07 Å². The van der Waals surface area contributed by atoms with Gasteiger partial charge in [-0.05, 0) is 36.4 Å². The minimum atomic E-state index is -0.429. The van der Waals surface area contributed by atoms with Crippen LogP contribution in [0.1, 0.15) is 0 Å². The Bertz CT molecular complexity index is 845. The maximum atomic E-state index is 12.3. The third kappa shape index (κ3) is 7.59. The van der Waals surface area contributed by atoms with Crippen LogP contribution in [-0.2, 0) is 14.4 Å². The second-order valence-electron chi connectivity index (χ2n) is 6.17. The number of anilines is 2. The first-order chi connectivity index (χ1) is 13.3. The van der Waals surface area contributed by atoms with Crippen molar-refractivity contribution in [2.24, 2.45) is 5.73 Å². The van der Waals surface area contributed by atoms with Crippen LogP contribution in [0.15, 0.2) is 53.4 Å². The molecule has 1 unspecified atom stereocenters. The highest BCUT2D eigenvalue weighted by atomic mass is 35.5. The van der Waals surface area contributed by atoms with Gasteiger partial charge in [-0.15, -0.1) is 11.8 Å². The molecule has 0 heterocycles. The first-order valence-corrected chi connectivity index (χ1v) is 9.86. The van der Waals surface area contributed by atoms with Crippen molar-refractivity contribution in [2.75, 3.05) is 36.5 Å². The van der Waals surface area contributed by atoms with Gasteiger partial charge in [0.25, 0.3) is 11.8 Å². The summed E-state index contributed by atoms with van der Waals surface area (Å²) in [6.45, 7) is 0.247. The molecule has 0 aromatic heterocycles. The van der Waals surface area contributed by atoms with Crippen LogP contribution in [0.4, 0.5) is 11.4 Å². The largest absolute Gasteiger partial charge is 0.369 e. The average Bonchev–Trinajstić information content (AvgIpc) is 2.62. The topological polar surface area (TPSA) is 106 Å². The van der Waals surface area contributed by atoms with Gasteiger partial charge in [-0.2, -0.15) is 0 Å². The van der Waals surface area contributed by atoms with Crippen molar-refractivity contribution in [2.45, 2.75) is 4.90 Å². The summed E-state index contributed by atoms with van der Waals surface area (Å²) in [7, 11) is 1.76. The molecule has 7 nitrogen and oxygen atoms in total. The fourth-order valence-corrected chi connectivity index (χ4v) is 3.26. The van der Waals surface area contributed by atoms with Gasteiger partial charge in [-0.1, -0.05) is 23.7 Å². The number of nitrogens with two attached hydrogens (primary N) is 1. The smallest absolute Gasteiger partial charge is 0.279 e. The number of rotatable bonds is 9. The van der Waals surface area contributed by atoms with Gasteiger partial charge in [0.05, 0.1) is 18.5 Å². The summed E-state index contributed by atoms with van der Waals surface area (Å²) in [4.78, 5) is 36.9. The monoisotopic (exact) mass is 421 g/mol. The second kappa shape index (κ2) is 10.7. The number of thioether (sulfide) groups is 1. The number of carbonyl (C=O) groups is 3. The third-order valence-corrected chi connectivity index (χ3v) is 4.93. The van der Waals surface area contributed by atoms with Gasteiger partial charge in [0.15, 0.2) is 13.1 Å². The molecule has 0 aliphatic rings. The van der Waals surface area contributed by atoms with Crippen molar-refractivity contribution in [3.05, 3.63) is 53.6 Å². The Morgan fingerprint density at radius 3 is 2.25 bits per heavy atom. The first-order valence-electron chi connectivity index (χ1n) is 8.50. The van der Waals surface area contributed by atoms with Gasteiger partial charge in [0.2, 0.25) is 5.91 Å². The number of quaternary nitrogens is 1. The van der Waals surface area contributed by atoms with Crippen molar-refractivity contribution in [1.29, 1.82) is 0 Å². The molecule has 0 bridgehead atoms. The van der Waals surface area contributed by atoms with E-state index in [9.17, 15) is 14.4 Å². The van der Waals surface area contributed by atoms with E-state index in [2.05, 4.69) is 10.6 Å². The summed E-state index contributed by atoms with van der Waals surface area (Å²) in [5.74, 6) is -0.737. The Morgan fingerprint density at radius 2 is 1.61 bits per heavy atom. The van der Waals surface area contributed by atoms with Gasteiger partial charge >= 0.3 is 0 Å². The molecule has 2 rings (SSSR count). The molecule has 28 heavy (non-hydrogen) atoms. The van der Waals surface area contributed by atoms with Crippen molar-refractivity contribution in [3.8, 4) is 0 Å². The number of nitrogens with one attached hydrogen (secondary N) is 3. The summed E-state index contributed by atoms with van der Waals surface area (Å²) in [5.41, 5.74) is 6.43. The van der Waals surface area contributed by atoms with Crippen molar-refractivity contribution in [1.82, 2.24) is 0 Å². The predicted octanol–water partition coefficient (Wildman–Crippen LogP) is 1.01. The van der Waals surface area contributed by atoms with Crippen LogP contribution in [0.5, 0.6) is 0 Å². The molecule has 0 aliphatic heterocycles. The van der Waals surface area contributed by atoms with Crippen molar-refractivity contribution < 1.29 is 19.3 Å². The molecule has 2 aromatic rings. The Hall–Kier alpha value is -2.55. The molecule has 0 spiro atoms. The lowest BCUT2D eigenvalue weighted by Gasteiger charge is -2.15. The highest BCUT2D eigenvalue weighted by molar-refractivity contribution is 8.00. The lowest BCUT2D eigenvalue weighted by Crippen LogP contribution is -3.11. The Balaban J connectivity index is 1.84. The van der Waals surface area contributed by atoms with E-state index >= 15 is 0 Å². The number of hydrogen-bond donors (Lipinski definition) is 4. The number of hydrogen-bond acceptors (Lipinski definition) is 4. The molecular formula is C19H22ClN4O3S+. The zero-order valence-corrected chi connectivity index (χ0v) is 16.9. The molecular weight excluding hydrogens is 400 g/mol. The molecule has 0 radical (unpaired) electrons. The van der Waals surface area contributed by atoms with Crippen LogP contribution in [-0.4, -0.2) is 43.6 Å². The number of halogens is 1. The summed E-state index contributed by atoms with van der Waals surface area (Å²) in [5, 5.41) is 6.17. The van der Waals surface area contributed by atoms with Crippen LogP contribution in [0.25, 0.3) is 0 Å². The van der Waals surface area contributed by atoms with Gasteiger partial charge in [0.1, 0.15) is 0 Å². The fourth-order valence-electron chi connectivity index (χ4n) is 2.39. The summed E-state index contributed by atoms with van der Waals surface area (Å²) in [6, 6.07) is 14.0. The first kappa shape index (κ1) is 21.7. The molecule has 148 valence electrons. The minimum Gasteiger partial charge on any atom is -0.369 e. The van der Waals surface area contributed by atoms with E-state index in [0.29, 0.717) is 16.4 Å². The number of carbonyl (C=O) groups excluding carboxylic acids is 3. The van der Waals surface area contributed by atoms with Crippen LogP contribution < -0.4 is 21.3 Å². The summed E-state index contributed by atoms with van der Waals surface area (Å²) < 4.78 is 0. The molecule has 9 heteroatoms. The highest BCUT2D eigenvalue weighted by Crippen LogP contribution is 2.26. The molecule has 3 amide bonds. The standard InChI is InChI=1S/C19H21ClN4O3S/c1-24(10-18(26)22-14-8-6-13(20)7-9-14)11-19(27)23-15-4-2-3-5-16(15)28-12-17(21)25/h2-9H,10-12H2,1H3,(H2,21,25)(H,22,26)(H,23,27)/p+1. The quantitative estimate of drug-likeness (QED) is 0.453. The Kier molecular flexibility index (Phi) is 8.31. The molecule has 0 saturated carbocycles. The van der Waals surface area contributed by atoms with Crippen molar-refractivity contribution >= 4 is 52.5 Å². The summed E-state index contributed by atoms with van der Waals surface area (Å²) >= 11 is 7.08. The summed E-state index contributed by atoms with van der Waals surface area (Å²) in [6.07, 6.45) is 0. The SMILES string of the molecule is C[NH+](CC(=O)Nc1ccc(Cl)cc1)CC(=O)Nc1ccccc1SCC(N)=O. The normalized spacial score (nSPS) is 11.5. The number of amides is 3.